The molecule has 116 valence electrons. The van der Waals surface area contributed by atoms with Gasteiger partial charge in [0, 0.05) is 6.04 Å². The Kier molecular flexibility index (Phi) is 5.95. The monoisotopic (exact) mass is 279 g/mol. The van der Waals surface area contributed by atoms with Crippen molar-refractivity contribution in [1.29, 1.82) is 0 Å². The third kappa shape index (κ3) is 3.78. The molecule has 0 aromatic carbocycles. The summed E-state index contributed by atoms with van der Waals surface area (Å²) in [5.41, 5.74) is 2.02. The van der Waals surface area contributed by atoms with Gasteiger partial charge in [0.1, 0.15) is 0 Å². The van der Waals surface area contributed by atoms with Gasteiger partial charge >= 0.3 is 0 Å². The number of nitrogens with one attached hydrogen (secondary N) is 1. The largest absolute Gasteiger partial charge is 0.501 e. The van der Waals surface area contributed by atoms with E-state index in [0.717, 1.165) is 19.1 Å². The Balaban J connectivity index is 2.19. The fraction of sp³-hybridized carbons (Fsp3) is 0.889. The molecule has 20 heavy (non-hydrogen) atoms. The van der Waals surface area contributed by atoms with E-state index in [1.54, 1.807) is 0 Å². The average molecular weight is 279 g/mol. The molecule has 1 N–H and O–H groups in total. The van der Waals surface area contributed by atoms with Gasteiger partial charge in [-0.1, -0.05) is 33.6 Å². The predicted molar refractivity (Wildman–Crippen MR) is 85.7 cm³/mol. The summed E-state index contributed by atoms with van der Waals surface area (Å²) in [6.07, 6.45) is 12.7. The van der Waals surface area contributed by atoms with Crippen LogP contribution in [0.4, 0.5) is 0 Å². The molecule has 0 bridgehead atoms. The molecule has 1 aliphatic heterocycles. The Morgan fingerprint density at radius 3 is 2.55 bits per heavy atom. The van der Waals surface area contributed by atoms with Gasteiger partial charge in [0.15, 0.2) is 0 Å². The Hall–Kier alpha value is -0.500. The highest BCUT2D eigenvalue weighted by molar-refractivity contribution is 5.17. The lowest BCUT2D eigenvalue weighted by molar-refractivity contribution is 0.154. The van der Waals surface area contributed by atoms with Crippen LogP contribution >= 0.6 is 0 Å². The molecule has 0 aromatic heterocycles. The third-order valence-electron chi connectivity index (χ3n) is 4.96. The minimum atomic E-state index is 0.482. The molecule has 2 heteroatoms. The highest BCUT2D eigenvalue weighted by Gasteiger charge is 2.43. The van der Waals surface area contributed by atoms with E-state index in [1.165, 1.54) is 56.9 Å². The lowest BCUT2D eigenvalue weighted by atomic mass is 9.69. The third-order valence-corrected chi connectivity index (χ3v) is 4.96. The van der Waals surface area contributed by atoms with Crippen LogP contribution in [0.25, 0.3) is 0 Å². The van der Waals surface area contributed by atoms with Gasteiger partial charge in [-0.3, -0.25) is 0 Å². The van der Waals surface area contributed by atoms with Crippen molar-refractivity contribution < 1.29 is 4.74 Å². The standard InChI is InChI=1S/C18H33NO/c1-4-11-19-17(16-8-7-12-20-14-16)18(13-15(2)3)9-5-6-10-18/h14-15,17,19H,4-13H2,1-3H3. The maximum Gasteiger partial charge on any atom is 0.0876 e. The van der Waals surface area contributed by atoms with E-state index in [4.69, 9.17) is 4.74 Å². The summed E-state index contributed by atoms with van der Waals surface area (Å²) < 4.78 is 5.65. The molecule has 1 aliphatic carbocycles. The first-order chi connectivity index (χ1) is 9.68. The van der Waals surface area contributed by atoms with Gasteiger partial charge < -0.3 is 10.1 Å². The number of rotatable bonds is 7. The first kappa shape index (κ1) is 15.9. The molecule has 2 nitrogen and oxygen atoms in total. The zero-order valence-electron chi connectivity index (χ0n) is 13.7. The Labute approximate surface area is 125 Å². The summed E-state index contributed by atoms with van der Waals surface area (Å²) in [5, 5.41) is 3.88. The first-order valence-electron chi connectivity index (χ1n) is 8.72. The average Bonchev–Trinajstić information content (AvgIpc) is 2.89. The molecule has 0 saturated heterocycles. The number of ether oxygens (including phenoxy) is 1. The van der Waals surface area contributed by atoms with Gasteiger partial charge in [-0.05, 0) is 62.0 Å². The molecular formula is C18H33NO. The van der Waals surface area contributed by atoms with E-state index >= 15 is 0 Å². The summed E-state index contributed by atoms with van der Waals surface area (Å²) >= 11 is 0. The van der Waals surface area contributed by atoms with Crippen molar-refractivity contribution in [3.8, 4) is 0 Å². The number of hydrogen-bond donors (Lipinski definition) is 1. The second-order valence-electron chi connectivity index (χ2n) is 7.22. The molecule has 0 radical (unpaired) electrons. The van der Waals surface area contributed by atoms with Crippen molar-refractivity contribution in [3.05, 3.63) is 11.8 Å². The molecule has 0 spiro atoms. The van der Waals surface area contributed by atoms with E-state index in [2.05, 4.69) is 32.4 Å². The zero-order valence-corrected chi connectivity index (χ0v) is 13.7. The summed E-state index contributed by atoms with van der Waals surface area (Å²) in [7, 11) is 0. The fourth-order valence-corrected chi connectivity index (χ4v) is 4.33. The Morgan fingerprint density at radius 1 is 1.25 bits per heavy atom. The van der Waals surface area contributed by atoms with E-state index in [-0.39, 0.29) is 0 Å². The smallest absolute Gasteiger partial charge is 0.0876 e. The van der Waals surface area contributed by atoms with Crippen LogP contribution in [0.5, 0.6) is 0 Å². The van der Waals surface area contributed by atoms with Gasteiger partial charge in [-0.25, -0.2) is 0 Å². The molecule has 1 atom stereocenters. The van der Waals surface area contributed by atoms with Gasteiger partial charge in [-0.2, -0.15) is 0 Å². The maximum absolute atomic E-state index is 5.65. The molecule has 1 unspecified atom stereocenters. The van der Waals surface area contributed by atoms with Crippen LogP contribution in [0, 0.1) is 11.3 Å². The molecule has 2 aliphatic rings. The summed E-state index contributed by atoms with van der Waals surface area (Å²) in [6.45, 7) is 9.05. The van der Waals surface area contributed by atoms with Crippen molar-refractivity contribution in [1.82, 2.24) is 5.32 Å². The van der Waals surface area contributed by atoms with E-state index in [9.17, 15) is 0 Å². The Morgan fingerprint density at radius 2 is 2.00 bits per heavy atom. The summed E-state index contributed by atoms with van der Waals surface area (Å²) in [4.78, 5) is 0. The lowest BCUT2D eigenvalue weighted by Crippen LogP contribution is -2.46. The molecule has 2 rings (SSSR count). The molecule has 1 heterocycles. The van der Waals surface area contributed by atoms with E-state index in [0.29, 0.717) is 11.5 Å². The van der Waals surface area contributed by atoms with Gasteiger partial charge in [0.2, 0.25) is 0 Å². The maximum atomic E-state index is 5.65. The molecule has 1 saturated carbocycles. The van der Waals surface area contributed by atoms with Gasteiger partial charge in [-0.15, -0.1) is 0 Å². The fourth-order valence-electron chi connectivity index (χ4n) is 4.33. The van der Waals surface area contributed by atoms with Crippen LogP contribution in [0.2, 0.25) is 0 Å². The summed E-state index contributed by atoms with van der Waals surface area (Å²) in [6, 6.07) is 0.549. The van der Waals surface area contributed by atoms with Crippen molar-refractivity contribution in [2.45, 2.75) is 78.2 Å². The van der Waals surface area contributed by atoms with Crippen molar-refractivity contribution >= 4 is 0 Å². The van der Waals surface area contributed by atoms with Crippen LogP contribution in [0.3, 0.4) is 0 Å². The lowest BCUT2D eigenvalue weighted by Gasteiger charge is -2.42. The first-order valence-corrected chi connectivity index (χ1v) is 8.72. The molecular weight excluding hydrogens is 246 g/mol. The normalized spacial score (nSPS) is 23.5. The van der Waals surface area contributed by atoms with Crippen molar-refractivity contribution in [2.24, 2.45) is 11.3 Å². The second-order valence-corrected chi connectivity index (χ2v) is 7.22. The topological polar surface area (TPSA) is 21.3 Å². The van der Waals surface area contributed by atoms with E-state index in [1.807, 2.05) is 0 Å². The van der Waals surface area contributed by atoms with Gasteiger partial charge in [0.05, 0.1) is 12.9 Å². The van der Waals surface area contributed by atoms with Crippen LogP contribution < -0.4 is 5.32 Å². The highest BCUT2D eigenvalue weighted by Crippen LogP contribution is 2.48. The van der Waals surface area contributed by atoms with Crippen LogP contribution in [-0.4, -0.2) is 19.2 Å². The molecule has 0 aromatic rings. The highest BCUT2D eigenvalue weighted by atomic mass is 16.5. The van der Waals surface area contributed by atoms with Crippen LogP contribution in [-0.2, 0) is 4.74 Å². The van der Waals surface area contributed by atoms with Gasteiger partial charge in [0.25, 0.3) is 0 Å². The molecule has 0 amide bonds. The number of hydrogen-bond acceptors (Lipinski definition) is 2. The van der Waals surface area contributed by atoms with Crippen molar-refractivity contribution in [3.63, 3.8) is 0 Å². The summed E-state index contributed by atoms with van der Waals surface area (Å²) in [5.74, 6) is 0.782. The quantitative estimate of drug-likeness (QED) is 0.732. The van der Waals surface area contributed by atoms with Crippen molar-refractivity contribution in [2.75, 3.05) is 13.2 Å². The minimum absolute atomic E-state index is 0.482. The predicted octanol–water partition coefficient (Wildman–Crippen LogP) is 4.66. The minimum Gasteiger partial charge on any atom is -0.501 e. The zero-order chi connectivity index (χ0) is 14.4. The second kappa shape index (κ2) is 7.49. The van der Waals surface area contributed by atoms with Crippen LogP contribution in [0.15, 0.2) is 11.8 Å². The van der Waals surface area contributed by atoms with Crippen LogP contribution in [0.1, 0.15) is 72.1 Å². The van der Waals surface area contributed by atoms with E-state index < -0.39 is 0 Å². The SMILES string of the molecule is CCCNC(C1=COCCC1)C1(CC(C)C)CCCC1. The Bertz CT molecular complexity index is 315. The molecule has 1 fully saturated rings.